The molecule has 1 rings (SSSR count). The fourth-order valence-corrected chi connectivity index (χ4v) is 2.14. The molecule has 5 nitrogen and oxygen atoms in total. The zero-order valence-electron chi connectivity index (χ0n) is 10.5. The molecule has 0 aliphatic heterocycles. The minimum absolute atomic E-state index is 0.000531. The SMILES string of the molecule is O=[N+]([O-])O.OC1CCCCCCCCCCC1. The van der Waals surface area contributed by atoms with Gasteiger partial charge in [0.1, 0.15) is 0 Å². The highest BCUT2D eigenvalue weighted by Crippen LogP contribution is 2.16. The first-order valence-corrected chi connectivity index (χ1v) is 6.64. The molecule has 0 spiro atoms. The Morgan fingerprint density at radius 3 is 1.35 bits per heavy atom. The molecule has 2 N–H and O–H groups in total. The molecule has 0 heterocycles. The highest BCUT2D eigenvalue weighted by Gasteiger charge is 2.04. The first-order chi connectivity index (χ1) is 8.13. The molecule has 0 aromatic rings. The van der Waals surface area contributed by atoms with E-state index in [4.69, 9.17) is 15.3 Å². The lowest BCUT2D eigenvalue weighted by atomic mass is 10.00. The van der Waals surface area contributed by atoms with Crippen LogP contribution in [0.2, 0.25) is 0 Å². The minimum atomic E-state index is -1.50. The third-order valence-corrected chi connectivity index (χ3v) is 3.07. The third kappa shape index (κ3) is 15.2. The van der Waals surface area contributed by atoms with Gasteiger partial charge in [0, 0.05) is 0 Å². The Bertz CT molecular complexity index is 171. The first-order valence-electron chi connectivity index (χ1n) is 6.64. The van der Waals surface area contributed by atoms with Crippen molar-refractivity contribution < 1.29 is 15.4 Å². The largest absolute Gasteiger partial charge is 0.393 e. The maximum absolute atomic E-state index is 9.59. The van der Waals surface area contributed by atoms with Crippen molar-refractivity contribution in [2.24, 2.45) is 0 Å². The molecule has 5 heteroatoms. The third-order valence-electron chi connectivity index (χ3n) is 3.07. The maximum Gasteiger partial charge on any atom is 0.291 e. The number of rotatable bonds is 0. The molecule has 1 aliphatic carbocycles. The van der Waals surface area contributed by atoms with Gasteiger partial charge in [0.2, 0.25) is 0 Å². The summed E-state index contributed by atoms with van der Waals surface area (Å²) < 4.78 is 0. The number of hydrogen-bond donors (Lipinski definition) is 2. The van der Waals surface area contributed by atoms with Gasteiger partial charge in [0.05, 0.1) is 6.10 Å². The summed E-state index contributed by atoms with van der Waals surface area (Å²) in [6.07, 6.45) is 14.2. The predicted octanol–water partition coefficient (Wildman–Crippen LogP) is 3.30. The van der Waals surface area contributed by atoms with E-state index < -0.39 is 5.09 Å². The lowest BCUT2D eigenvalue weighted by Gasteiger charge is -2.11. The van der Waals surface area contributed by atoms with Gasteiger partial charge < -0.3 is 10.3 Å². The van der Waals surface area contributed by atoms with E-state index in [1.807, 2.05) is 0 Å². The van der Waals surface area contributed by atoms with Crippen LogP contribution in [-0.2, 0) is 0 Å². The van der Waals surface area contributed by atoms with Crippen LogP contribution in [0.5, 0.6) is 0 Å². The van der Waals surface area contributed by atoms with Crippen LogP contribution < -0.4 is 0 Å². The quantitative estimate of drug-likeness (QED) is 0.508. The molecule has 102 valence electrons. The van der Waals surface area contributed by atoms with Crippen molar-refractivity contribution in [3.05, 3.63) is 10.1 Å². The molecule has 0 bridgehead atoms. The zero-order chi connectivity index (χ0) is 12.9. The van der Waals surface area contributed by atoms with E-state index in [2.05, 4.69) is 0 Å². The number of nitrogens with zero attached hydrogens (tertiary/aromatic N) is 1. The highest BCUT2D eigenvalue weighted by molar-refractivity contribution is 4.58. The molecule has 1 aliphatic rings. The monoisotopic (exact) mass is 247 g/mol. The van der Waals surface area contributed by atoms with E-state index in [1.165, 1.54) is 57.8 Å². The summed E-state index contributed by atoms with van der Waals surface area (Å²) >= 11 is 0. The van der Waals surface area contributed by atoms with E-state index in [0.29, 0.717) is 0 Å². The lowest BCUT2D eigenvalue weighted by Crippen LogP contribution is -2.06. The Balaban J connectivity index is 0.000000557. The second-order valence-corrected chi connectivity index (χ2v) is 4.65. The van der Waals surface area contributed by atoms with Crippen molar-refractivity contribution in [1.82, 2.24) is 0 Å². The first kappa shape index (κ1) is 16.2. The Morgan fingerprint density at radius 1 is 0.824 bits per heavy atom. The van der Waals surface area contributed by atoms with Crippen LogP contribution in [0.4, 0.5) is 0 Å². The molecule has 1 fully saturated rings. The van der Waals surface area contributed by atoms with Gasteiger partial charge in [-0.2, -0.15) is 0 Å². The standard InChI is InChI=1S/C12H24O.HNO3/c13-12-10-8-6-4-2-1-3-5-7-9-11-12;2-1(3)4/h12-13H,1-11H2;(H,2,3,4). The van der Waals surface area contributed by atoms with Gasteiger partial charge in [0.15, 0.2) is 0 Å². The Morgan fingerprint density at radius 2 is 1.06 bits per heavy atom. The molecule has 0 saturated heterocycles. The van der Waals surface area contributed by atoms with Crippen LogP contribution in [0.3, 0.4) is 0 Å². The molecule has 0 unspecified atom stereocenters. The van der Waals surface area contributed by atoms with Crippen molar-refractivity contribution in [2.45, 2.75) is 76.7 Å². The molecule has 0 aromatic heterocycles. The van der Waals surface area contributed by atoms with Crippen molar-refractivity contribution in [1.29, 1.82) is 0 Å². The van der Waals surface area contributed by atoms with Gasteiger partial charge >= 0.3 is 0 Å². The van der Waals surface area contributed by atoms with Gasteiger partial charge in [-0.1, -0.05) is 57.8 Å². The predicted molar refractivity (Wildman–Crippen MR) is 65.6 cm³/mol. The van der Waals surface area contributed by atoms with Crippen molar-refractivity contribution in [2.75, 3.05) is 0 Å². The normalized spacial score (nSPS) is 20.3. The second kappa shape index (κ2) is 11.6. The summed E-state index contributed by atoms with van der Waals surface area (Å²) in [5, 5.41) is 23.2. The van der Waals surface area contributed by atoms with E-state index >= 15 is 0 Å². The summed E-state index contributed by atoms with van der Waals surface area (Å²) in [6, 6.07) is 0. The Labute approximate surface area is 103 Å². The van der Waals surface area contributed by atoms with Crippen LogP contribution in [0, 0.1) is 10.1 Å². The summed E-state index contributed by atoms with van der Waals surface area (Å²) in [6.45, 7) is 0. The minimum Gasteiger partial charge on any atom is -0.393 e. The van der Waals surface area contributed by atoms with E-state index in [1.54, 1.807) is 0 Å². The summed E-state index contributed by atoms with van der Waals surface area (Å²) in [4.78, 5) is 8.36. The summed E-state index contributed by atoms with van der Waals surface area (Å²) in [5.74, 6) is 0. The molecule has 0 amide bonds. The van der Waals surface area contributed by atoms with E-state index in [9.17, 15) is 5.11 Å². The van der Waals surface area contributed by atoms with Crippen LogP contribution in [0.15, 0.2) is 0 Å². The van der Waals surface area contributed by atoms with Crippen LogP contribution in [0.1, 0.15) is 70.6 Å². The maximum atomic E-state index is 9.59. The number of hydrogen-bond acceptors (Lipinski definition) is 3. The van der Waals surface area contributed by atoms with Gasteiger partial charge in [-0.05, 0) is 12.8 Å². The number of aliphatic hydroxyl groups is 1. The molecule has 0 atom stereocenters. The molecule has 0 aromatic carbocycles. The van der Waals surface area contributed by atoms with Gasteiger partial charge in [-0.25, -0.2) is 0 Å². The Hall–Kier alpha value is -0.840. The van der Waals surface area contributed by atoms with Gasteiger partial charge in [0.25, 0.3) is 5.09 Å². The average Bonchev–Trinajstić information content (AvgIpc) is 2.22. The lowest BCUT2D eigenvalue weighted by molar-refractivity contribution is -0.742. The fraction of sp³-hybridized carbons (Fsp3) is 1.00. The van der Waals surface area contributed by atoms with Crippen molar-refractivity contribution in [3.8, 4) is 0 Å². The zero-order valence-corrected chi connectivity index (χ0v) is 10.5. The molecular formula is C12H25NO4. The van der Waals surface area contributed by atoms with E-state index in [-0.39, 0.29) is 6.10 Å². The second-order valence-electron chi connectivity index (χ2n) is 4.65. The molecular weight excluding hydrogens is 222 g/mol. The summed E-state index contributed by atoms with van der Waals surface area (Å²) in [7, 11) is 0. The van der Waals surface area contributed by atoms with Crippen molar-refractivity contribution >= 4 is 0 Å². The van der Waals surface area contributed by atoms with Crippen LogP contribution in [0.25, 0.3) is 0 Å². The van der Waals surface area contributed by atoms with Gasteiger partial charge in [-0.3, -0.25) is 0 Å². The molecule has 17 heavy (non-hydrogen) atoms. The smallest absolute Gasteiger partial charge is 0.291 e. The molecule has 1 saturated carbocycles. The fourth-order valence-electron chi connectivity index (χ4n) is 2.14. The van der Waals surface area contributed by atoms with E-state index in [0.717, 1.165) is 12.8 Å². The van der Waals surface area contributed by atoms with Crippen LogP contribution >= 0.6 is 0 Å². The van der Waals surface area contributed by atoms with Crippen molar-refractivity contribution in [3.63, 3.8) is 0 Å². The average molecular weight is 247 g/mol. The molecule has 0 radical (unpaired) electrons. The number of aliphatic hydroxyl groups excluding tert-OH is 1. The topological polar surface area (TPSA) is 83.6 Å². The Kier molecular flexibility index (Phi) is 11.1. The van der Waals surface area contributed by atoms with Gasteiger partial charge in [-0.15, -0.1) is 10.1 Å². The van der Waals surface area contributed by atoms with Crippen LogP contribution in [-0.4, -0.2) is 21.5 Å². The highest BCUT2D eigenvalue weighted by atomic mass is 16.9. The summed E-state index contributed by atoms with van der Waals surface area (Å²) in [5.41, 5.74) is 0.